The van der Waals surface area contributed by atoms with Gasteiger partial charge in [-0.2, -0.15) is 0 Å². The summed E-state index contributed by atoms with van der Waals surface area (Å²) in [6, 6.07) is 20.5. The van der Waals surface area contributed by atoms with Crippen LogP contribution in [0.25, 0.3) is 11.0 Å². The van der Waals surface area contributed by atoms with Gasteiger partial charge in [0.25, 0.3) is 0 Å². The van der Waals surface area contributed by atoms with Crippen molar-refractivity contribution >= 4 is 22.8 Å². The number of fused-ring (bicyclic) bond motifs is 1. The number of imidazole rings is 1. The van der Waals surface area contributed by atoms with E-state index in [4.69, 9.17) is 4.98 Å². The van der Waals surface area contributed by atoms with Crippen LogP contribution in [0.3, 0.4) is 0 Å². The minimum Gasteiger partial charge on any atom is -0.353 e. The van der Waals surface area contributed by atoms with Crippen molar-refractivity contribution in [2.24, 2.45) is 0 Å². The standard InChI is InChI=1S/C31H33F2N5O/c32-23-9-5-21(6-10-23)20-38-28-4-2-1-3-27(28)36-31(38)35-25-15-18-37(26-13-16-34-17-14-26)29(19-25)30(39)22-7-11-24(33)12-8-22/h1-12,25-26,29,34H,13-20H2,(H,35,36). The maximum atomic E-state index is 13.8. The lowest BCUT2D eigenvalue weighted by Crippen LogP contribution is -2.56. The minimum atomic E-state index is -0.343. The van der Waals surface area contributed by atoms with E-state index >= 15 is 0 Å². The van der Waals surface area contributed by atoms with E-state index in [9.17, 15) is 13.6 Å². The predicted octanol–water partition coefficient (Wildman–Crippen LogP) is 5.24. The molecule has 0 aliphatic carbocycles. The molecule has 2 atom stereocenters. The predicted molar refractivity (Wildman–Crippen MR) is 149 cm³/mol. The number of nitrogens with zero attached hydrogens (tertiary/aromatic N) is 3. The number of aromatic nitrogens is 2. The average Bonchev–Trinajstić information content (AvgIpc) is 3.31. The molecule has 2 saturated heterocycles. The Morgan fingerprint density at radius 3 is 2.36 bits per heavy atom. The van der Waals surface area contributed by atoms with E-state index in [1.165, 1.54) is 24.3 Å². The first-order valence-corrected chi connectivity index (χ1v) is 13.8. The molecule has 6 rings (SSSR count). The first-order chi connectivity index (χ1) is 19.0. The van der Waals surface area contributed by atoms with Crippen molar-refractivity contribution in [1.82, 2.24) is 19.8 Å². The summed E-state index contributed by atoms with van der Waals surface area (Å²) in [5.41, 5.74) is 3.40. The van der Waals surface area contributed by atoms with Crippen LogP contribution in [-0.2, 0) is 6.54 Å². The van der Waals surface area contributed by atoms with Crippen LogP contribution in [0, 0.1) is 11.6 Å². The number of nitrogens with one attached hydrogen (secondary N) is 2. The zero-order valence-electron chi connectivity index (χ0n) is 21.8. The number of carbonyl (C=O) groups is 1. The molecule has 0 radical (unpaired) electrons. The molecular weight excluding hydrogens is 496 g/mol. The third kappa shape index (κ3) is 5.58. The zero-order valence-corrected chi connectivity index (χ0v) is 21.8. The summed E-state index contributed by atoms with van der Waals surface area (Å²) in [4.78, 5) is 21.1. The van der Waals surface area contributed by atoms with E-state index in [-0.39, 0.29) is 29.5 Å². The minimum absolute atomic E-state index is 0.0415. The van der Waals surface area contributed by atoms with Crippen molar-refractivity contribution in [1.29, 1.82) is 0 Å². The highest BCUT2D eigenvalue weighted by atomic mass is 19.1. The van der Waals surface area contributed by atoms with Gasteiger partial charge in [-0.15, -0.1) is 0 Å². The van der Waals surface area contributed by atoms with Crippen molar-refractivity contribution in [2.75, 3.05) is 25.0 Å². The van der Waals surface area contributed by atoms with Crippen LogP contribution < -0.4 is 10.6 Å². The first-order valence-electron chi connectivity index (χ1n) is 13.8. The third-order valence-electron chi connectivity index (χ3n) is 8.09. The Labute approximate surface area is 227 Å². The molecule has 2 N–H and O–H groups in total. The SMILES string of the molecule is O=C(c1ccc(F)cc1)C1CC(Nc2nc3ccccc3n2Cc2ccc(F)cc2)CCN1C1CCNCC1. The number of anilines is 1. The number of piperidine rings is 2. The molecule has 39 heavy (non-hydrogen) atoms. The van der Waals surface area contributed by atoms with E-state index in [1.54, 1.807) is 24.3 Å². The Morgan fingerprint density at radius 1 is 0.923 bits per heavy atom. The van der Waals surface area contributed by atoms with Gasteiger partial charge in [0, 0.05) is 24.2 Å². The Balaban J connectivity index is 1.27. The lowest BCUT2D eigenvalue weighted by Gasteiger charge is -2.44. The van der Waals surface area contributed by atoms with Crippen molar-refractivity contribution in [3.63, 3.8) is 0 Å². The molecule has 2 fully saturated rings. The summed E-state index contributed by atoms with van der Waals surface area (Å²) in [7, 11) is 0. The van der Waals surface area contributed by atoms with Gasteiger partial charge in [0.15, 0.2) is 5.78 Å². The van der Waals surface area contributed by atoms with Crippen LogP contribution >= 0.6 is 0 Å². The summed E-state index contributed by atoms with van der Waals surface area (Å²) in [6.07, 6.45) is 3.55. The second-order valence-corrected chi connectivity index (χ2v) is 10.6. The van der Waals surface area contributed by atoms with E-state index in [0.29, 0.717) is 24.6 Å². The largest absolute Gasteiger partial charge is 0.353 e. The highest BCUT2D eigenvalue weighted by Crippen LogP contribution is 2.30. The fourth-order valence-corrected chi connectivity index (χ4v) is 6.05. The van der Waals surface area contributed by atoms with Gasteiger partial charge in [-0.1, -0.05) is 24.3 Å². The van der Waals surface area contributed by atoms with Gasteiger partial charge in [-0.05, 0) is 92.9 Å². The topological polar surface area (TPSA) is 62.2 Å². The van der Waals surface area contributed by atoms with Crippen LogP contribution in [0.15, 0.2) is 72.8 Å². The van der Waals surface area contributed by atoms with Crippen molar-refractivity contribution in [2.45, 2.75) is 50.4 Å². The summed E-state index contributed by atoms with van der Waals surface area (Å²) in [5, 5.41) is 7.09. The Kier molecular flexibility index (Phi) is 7.39. The molecule has 0 spiro atoms. The van der Waals surface area contributed by atoms with Crippen molar-refractivity contribution in [3.05, 3.63) is 95.6 Å². The number of carbonyl (C=O) groups excluding carboxylic acids is 1. The summed E-state index contributed by atoms with van der Waals surface area (Å²) >= 11 is 0. The Morgan fingerprint density at radius 2 is 1.62 bits per heavy atom. The Bertz CT molecular complexity index is 1430. The fourth-order valence-electron chi connectivity index (χ4n) is 6.05. The molecule has 8 heteroatoms. The second-order valence-electron chi connectivity index (χ2n) is 10.6. The number of ketones is 1. The van der Waals surface area contributed by atoms with Crippen molar-refractivity contribution in [3.8, 4) is 0 Å². The maximum Gasteiger partial charge on any atom is 0.204 e. The molecule has 202 valence electrons. The number of Topliss-reactive ketones (excluding diaryl/α,β-unsaturated/α-hetero) is 1. The average molecular weight is 530 g/mol. The Hall–Kier alpha value is -3.62. The molecule has 3 aromatic carbocycles. The number of rotatable bonds is 7. The highest BCUT2D eigenvalue weighted by molar-refractivity contribution is 6.00. The molecular formula is C31H33F2N5O. The van der Waals surface area contributed by atoms with Crippen LogP contribution in [-0.4, -0.2) is 58.0 Å². The zero-order chi connectivity index (χ0) is 26.8. The van der Waals surface area contributed by atoms with Gasteiger partial charge in [0.2, 0.25) is 5.95 Å². The summed E-state index contributed by atoms with van der Waals surface area (Å²) in [5.74, 6) is 0.184. The van der Waals surface area contributed by atoms with Gasteiger partial charge in [-0.25, -0.2) is 13.8 Å². The maximum absolute atomic E-state index is 13.8. The molecule has 2 unspecified atom stereocenters. The van der Waals surface area contributed by atoms with Gasteiger partial charge >= 0.3 is 0 Å². The smallest absolute Gasteiger partial charge is 0.204 e. The first kappa shape index (κ1) is 25.6. The number of halogens is 2. The number of hydrogen-bond acceptors (Lipinski definition) is 5. The van der Waals surface area contributed by atoms with Gasteiger partial charge in [-0.3, -0.25) is 9.69 Å². The van der Waals surface area contributed by atoms with E-state index < -0.39 is 0 Å². The third-order valence-corrected chi connectivity index (χ3v) is 8.09. The molecule has 2 aliphatic rings. The fraction of sp³-hybridized carbons (Fsp3) is 0.355. The van der Waals surface area contributed by atoms with Crippen LogP contribution in [0.4, 0.5) is 14.7 Å². The van der Waals surface area contributed by atoms with Gasteiger partial charge in [0.1, 0.15) is 11.6 Å². The molecule has 3 heterocycles. The molecule has 6 nitrogen and oxygen atoms in total. The second kappa shape index (κ2) is 11.2. The van der Waals surface area contributed by atoms with E-state index in [1.807, 2.05) is 24.3 Å². The number of hydrogen-bond donors (Lipinski definition) is 2. The molecule has 2 aliphatic heterocycles. The number of benzene rings is 3. The normalized spacial score (nSPS) is 20.8. The lowest BCUT2D eigenvalue weighted by molar-refractivity contribution is 0.0525. The monoisotopic (exact) mass is 529 g/mol. The van der Waals surface area contributed by atoms with Gasteiger partial charge in [0.05, 0.1) is 23.6 Å². The van der Waals surface area contributed by atoms with Crippen molar-refractivity contribution < 1.29 is 13.6 Å². The van der Waals surface area contributed by atoms with Crippen LogP contribution in [0.2, 0.25) is 0 Å². The summed E-state index contributed by atoms with van der Waals surface area (Å²) in [6.45, 7) is 3.26. The molecule has 1 aromatic heterocycles. The highest BCUT2D eigenvalue weighted by Gasteiger charge is 2.38. The quantitative estimate of drug-likeness (QED) is 0.321. The lowest BCUT2D eigenvalue weighted by atomic mass is 9.88. The van der Waals surface area contributed by atoms with E-state index in [2.05, 4.69) is 20.1 Å². The number of para-hydroxylation sites is 2. The van der Waals surface area contributed by atoms with Crippen LogP contribution in [0.1, 0.15) is 41.6 Å². The molecule has 0 saturated carbocycles. The summed E-state index contributed by atoms with van der Waals surface area (Å²) < 4.78 is 29.3. The van der Waals surface area contributed by atoms with E-state index in [0.717, 1.165) is 61.4 Å². The number of likely N-dealkylation sites (tertiary alicyclic amines) is 1. The molecule has 0 amide bonds. The van der Waals surface area contributed by atoms with Gasteiger partial charge < -0.3 is 15.2 Å². The molecule has 0 bridgehead atoms. The van der Waals surface area contributed by atoms with Crippen LogP contribution in [0.5, 0.6) is 0 Å². The molecule has 4 aromatic rings.